The van der Waals surface area contributed by atoms with Gasteiger partial charge in [-0.25, -0.2) is 4.99 Å². The first-order chi connectivity index (χ1) is 17.7. The van der Waals surface area contributed by atoms with Gasteiger partial charge in [-0.2, -0.15) is 0 Å². The third-order valence-electron chi connectivity index (χ3n) is 6.41. The molecule has 0 aliphatic carbocycles. The number of aromatic hydroxyl groups is 1. The van der Waals surface area contributed by atoms with Crippen LogP contribution in [0.25, 0.3) is 16.8 Å². The van der Waals surface area contributed by atoms with Crippen LogP contribution in [0.1, 0.15) is 31.0 Å². The number of halogens is 1. The van der Waals surface area contributed by atoms with Crippen molar-refractivity contribution in [2.45, 2.75) is 19.9 Å². The lowest BCUT2D eigenvalue weighted by Crippen LogP contribution is -2.39. The lowest BCUT2D eigenvalue weighted by Gasteiger charge is -2.27. The van der Waals surface area contributed by atoms with Crippen LogP contribution in [-0.4, -0.2) is 29.7 Å². The zero-order valence-corrected chi connectivity index (χ0v) is 22.9. The molecule has 0 saturated carbocycles. The summed E-state index contributed by atoms with van der Waals surface area (Å²) < 4.78 is 13.6. The highest BCUT2D eigenvalue weighted by molar-refractivity contribution is 9.10. The number of carbonyl (C=O) groups is 1. The molecule has 4 aromatic rings. The van der Waals surface area contributed by atoms with Gasteiger partial charge in [0.1, 0.15) is 5.75 Å². The first-order valence-corrected chi connectivity index (χ1v) is 13.0. The maximum atomic E-state index is 14.0. The van der Waals surface area contributed by atoms with Gasteiger partial charge in [0.15, 0.2) is 22.1 Å². The number of hydrogen-bond donors (Lipinski definition) is 1. The van der Waals surface area contributed by atoms with Crippen molar-refractivity contribution in [3.63, 3.8) is 0 Å². The van der Waals surface area contributed by atoms with Gasteiger partial charge >= 0.3 is 0 Å². The number of fused-ring (bicyclic) bond motifs is 2. The number of ether oxygens (including phenoxy) is 2. The van der Waals surface area contributed by atoms with Crippen LogP contribution in [0.5, 0.6) is 17.2 Å². The average Bonchev–Trinajstić information content (AvgIpc) is 3.18. The van der Waals surface area contributed by atoms with Crippen molar-refractivity contribution >= 4 is 49.9 Å². The van der Waals surface area contributed by atoms with E-state index in [0.29, 0.717) is 36.4 Å². The molecule has 188 valence electrons. The number of thiazole rings is 1. The number of hydrogen-bond acceptors (Lipinski definition) is 7. The largest absolute Gasteiger partial charge is 0.504 e. The molecular weight excluding hydrogens is 556 g/mol. The Bertz CT molecular complexity index is 1800. The monoisotopic (exact) mass is 578 g/mol. The number of rotatable bonds is 5. The molecule has 0 amide bonds. The second-order valence-corrected chi connectivity index (χ2v) is 10.4. The molecule has 0 unspecified atom stereocenters. The molecule has 3 aromatic carbocycles. The van der Waals surface area contributed by atoms with Crippen molar-refractivity contribution in [1.82, 2.24) is 4.57 Å². The third kappa shape index (κ3) is 4.18. The van der Waals surface area contributed by atoms with Gasteiger partial charge in [0, 0.05) is 21.3 Å². The van der Waals surface area contributed by atoms with Crippen molar-refractivity contribution in [3.05, 3.63) is 95.1 Å². The van der Waals surface area contributed by atoms with Gasteiger partial charge in [0.25, 0.3) is 5.56 Å². The Morgan fingerprint density at radius 2 is 1.86 bits per heavy atom. The van der Waals surface area contributed by atoms with Crippen LogP contribution in [0, 0.1) is 0 Å². The molecule has 1 atom stereocenters. The number of aromatic nitrogens is 1. The summed E-state index contributed by atoms with van der Waals surface area (Å²) >= 11 is 4.69. The van der Waals surface area contributed by atoms with Crippen molar-refractivity contribution in [2.24, 2.45) is 4.99 Å². The average molecular weight is 579 g/mol. The van der Waals surface area contributed by atoms with E-state index in [1.807, 2.05) is 36.4 Å². The molecule has 1 aliphatic heterocycles. The molecular formula is C28H23BrN2O5S. The SMILES string of the molecule is COc1cc(/C=c2\sc3n(c2=O)[C@@H](c2c(OC)ccc4ccccc24)C(C(C)=O)=C(C)N=3)c(Br)cc1O. The zero-order chi connectivity index (χ0) is 26.4. The van der Waals surface area contributed by atoms with Gasteiger partial charge in [-0.15, -0.1) is 0 Å². The number of nitrogens with zero attached hydrogens (tertiary/aromatic N) is 2. The number of phenols is 1. The second kappa shape index (κ2) is 9.64. The van der Waals surface area contributed by atoms with Crippen molar-refractivity contribution in [1.29, 1.82) is 0 Å². The highest BCUT2D eigenvalue weighted by Gasteiger charge is 2.33. The predicted molar refractivity (Wildman–Crippen MR) is 147 cm³/mol. The molecule has 0 bridgehead atoms. The van der Waals surface area contributed by atoms with Gasteiger partial charge < -0.3 is 14.6 Å². The molecule has 1 aromatic heterocycles. The Kier molecular flexibility index (Phi) is 6.51. The number of carbonyl (C=O) groups excluding carboxylic acids is 1. The minimum Gasteiger partial charge on any atom is -0.504 e. The van der Waals surface area contributed by atoms with E-state index in [2.05, 4.69) is 20.9 Å². The number of benzene rings is 3. The maximum Gasteiger partial charge on any atom is 0.271 e. The van der Waals surface area contributed by atoms with Gasteiger partial charge in [0.05, 0.1) is 24.8 Å². The van der Waals surface area contributed by atoms with Gasteiger partial charge in [-0.1, -0.05) is 57.6 Å². The molecule has 2 heterocycles. The normalized spacial score (nSPS) is 15.5. The van der Waals surface area contributed by atoms with E-state index in [0.717, 1.165) is 16.3 Å². The standard InChI is InChI=1S/C28H23BrN2O5S/c1-14-24(15(2)32)26(25-18-8-6-5-7-16(18)9-10-21(25)35-3)31-27(34)23(37-28(31)30-14)12-17-11-22(36-4)20(33)13-19(17)29/h5-13,26,33H,1-4H3/b23-12-/t26-/m1/s1. The number of phenolic OH excluding ortho intramolecular Hbond substituents is 1. The van der Waals surface area contributed by atoms with Crippen LogP contribution in [0.3, 0.4) is 0 Å². The van der Waals surface area contributed by atoms with Crippen LogP contribution in [0.15, 0.2) is 74.1 Å². The molecule has 0 saturated heterocycles. The molecule has 0 spiro atoms. The van der Waals surface area contributed by atoms with Crippen LogP contribution >= 0.6 is 27.3 Å². The minimum absolute atomic E-state index is 0.0160. The van der Waals surface area contributed by atoms with E-state index in [1.54, 1.807) is 30.7 Å². The molecule has 5 rings (SSSR count). The number of allylic oxidation sites excluding steroid dienone is 2. The summed E-state index contributed by atoms with van der Waals surface area (Å²) in [5, 5.41) is 11.9. The van der Waals surface area contributed by atoms with E-state index < -0.39 is 6.04 Å². The smallest absolute Gasteiger partial charge is 0.271 e. The fourth-order valence-electron chi connectivity index (χ4n) is 4.75. The summed E-state index contributed by atoms with van der Waals surface area (Å²) in [6, 6.07) is 14.1. The van der Waals surface area contributed by atoms with Crippen molar-refractivity contribution < 1.29 is 19.4 Å². The molecule has 0 fully saturated rings. The molecule has 0 radical (unpaired) electrons. The van der Waals surface area contributed by atoms with E-state index >= 15 is 0 Å². The first kappa shape index (κ1) is 25.0. The first-order valence-electron chi connectivity index (χ1n) is 11.4. The van der Waals surface area contributed by atoms with Crippen LogP contribution in [-0.2, 0) is 4.79 Å². The summed E-state index contributed by atoms with van der Waals surface area (Å²) in [5.74, 6) is 0.687. The topological polar surface area (TPSA) is 90.1 Å². The van der Waals surface area contributed by atoms with E-state index in [9.17, 15) is 14.7 Å². The van der Waals surface area contributed by atoms with Crippen molar-refractivity contribution in [3.8, 4) is 17.2 Å². The summed E-state index contributed by atoms with van der Waals surface area (Å²) in [6.07, 6.45) is 1.72. The number of methoxy groups -OCH3 is 2. The second-order valence-electron chi connectivity index (χ2n) is 8.59. The van der Waals surface area contributed by atoms with Gasteiger partial charge in [-0.05, 0) is 54.5 Å². The van der Waals surface area contributed by atoms with Gasteiger partial charge in [0.2, 0.25) is 0 Å². The Labute approximate surface area is 224 Å². The molecule has 7 nitrogen and oxygen atoms in total. The van der Waals surface area contributed by atoms with Crippen molar-refractivity contribution in [2.75, 3.05) is 14.2 Å². The van der Waals surface area contributed by atoms with E-state index in [4.69, 9.17) is 9.47 Å². The Morgan fingerprint density at radius 1 is 1.14 bits per heavy atom. The summed E-state index contributed by atoms with van der Waals surface area (Å²) in [7, 11) is 3.04. The zero-order valence-electron chi connectivity index (χ0n) is 20.5. The Balaban J connectivity index is 1.85. The summed E-state index contributed by atoms with van der Waals surface area (Å²) in [5.41, 5.74) is 2.12. The van der Waals surface area contributed by atoms with E-state index in [1.165, 1.54) is 31.4 Å². The van der Waals surface area contributed by atoms with E-state index in [-0.39, 0.29) is 22.8 Å². The number of ketones is 1. The molecule has 1 N–H and O–H groups in total. The van der Waals surface area contributed by atoms with Crippen LogP contribution in [0.2, 0.25) is 0 Å². The minimum atomic E-state index is -0.713. The third-order valence-corrected chi connectivity index (χ3v) is 8.08. The molecule has 37 heavy (non-hydrogen) atoms. The molecule has 9 heteroatoms. The summed E-state index contributed by atoms with van der Waals surface area (Å²) in [4.78, 5) is 32.1. The fourth-order valence-corrected chi connectivity index (χ4v) is 6.24. The lowest BCUT2D eigenvalue weighted by atomic mass is 9.89. The van der Waals surface area contributed by atoms with Crippen LogP contribution < -0.4 is 24.4 Å². The van der Waals surface area contributed by atoms with Gasteiger partial charge in [-0.3, -0.25) is 14.2 Å². The highest BCUT2D eigenvalue weighted by atomic mass is 79.9. The molecule has 1 aliphatic rings. The lowest BCUT2D eigenvalue weighted by molar-refractivity contribution is -0.114. The quantitative estimate of drug-likeness (QED) is 0.377. The predicted octanol–water partition coefficient (Wildman–Crippen LogP) is 4.46. The highest BCUT2D eigenvalue weighted by Crippen LogP contribution is 2.40. The maximum absolute atomic E-state index is 14.0. The Hall–Kier alpha value is -3.69. The Morgan fingerprint density at radius 3 is 2.57 bits per heavy atom. The van der Waals surface area contributed by atoms with Crippen LogP contribution in [0.4, 0.5) is 0 Å². The number of Topliss-reactive ketones (excluding diaryl/α,β-unsaturated/α-hetero) is 1. The fraction of sp³-hybridized carbons (Fsp3) is 0.179. The summed E-state index contributed by atoms with van der Waals surface area (Å²) in [6.45, 7) is 3.29.